The number of fused-ring (bicyclic) bond motifs is 1. The van der Waals surface area contributed by atoms with Gasteiger partial charge in [0.15, 0.2) is 0 Å². The Morgan fingerprint density at radius 2 is 1.57 bits per heavy atom. The Hall–Kier alpha value is -4.38. The molecule has 1 aliphatic rings. The van der Waals surface area contributed by atoms with Crippen LogP contribution in [0.5, 0.6) is 5.75 Å². The monoisotopic (exact) mass is 462 g/mol. The summed E-state index contributed by atoms with van der Waals surface area (Å²) in [5.74, 6) is 0.0230. The Balaban J connectivity index is 1.64. The van der Waals surface area contributed by atoms with Crippen LogP contribution in [-0.4, -0.2) is 18.4 Å². The maximum absolute atomic E-state index is 13.9. The maximum Gasteiger partial charge on any atom is 0.282 e. The molecule has 0 radical (unpaired) electrons. The highest BCUT2D eigenvalue weighted by Crippen LogP contribution is 2.38. The number of rotatable bonds is 6. The van der Waals surface area contributed by atoms with Crippen LogP contribution in [0.1, 0.15) is 23.6 Å². The van der Waals surface area contributed by atoms with Gasteiger partial charge in [-0.25, -0.2) is 4.90 Å². The van der Waals surface area contributed by atoms with Crippen molar-refractivity contribution in [1.82, 2.24) is 0 Å². The van der Waals surface area contributed by atoms with E-state index in [9.17, 15) is 9.59 Å². The molecule has 0 bridgehead atoms. The van der Waals surface area contributed by atoms with E-state index in [-0.39, 0.29) is 17.5 Å². The van der Waals surface area contributed by atoms with Gasteiger partial charge in [0.05, 0.1) is 17.9 Å². The molecule has 0 spiro atoms. The van der Waals surface area contributed by atoms with Gasteiger partial charge < -0.3 is 10.1 Å². The highest BCUT2D eigenvalue weighted by molar-refractivity contribution is 6.47. The van der Waals surface area contributed by atoms with Crippen LogP contribution < -0.4 is 15.0 Å². The molecule has 0 fully saturated rings. The number of carbonyl (C=O) groups is 2. The number of imide groups is 1. The zero-order valence-electron chi connectivity index (χ0n) is 20.0. The van der Waals surface area contributed by atoms with E-state index in [4.69, 9.17) is 4.74 Å². The number of anilines is 2. The normalized spacial score (nSPS) is 13.6. The van der Waals surface area contributed by atoms with Gasteiger partial charge >= 0.3 is 0 Å². The van der Waals surface area contributed by atoms with Gasteiger partial charge in [-0.1, -0.05) is 60.2 Å². The van der Waals surface area contributed by atoms with Crippen LogP contribution in [0, 0.1) is 13.8 Å². The second-order valence-electron chi connectivity index (χ2n) is 8.59. The number of nitrogens with one attached hydrogen (secondary N) is 1. The van der Waals surface area contributed by atoms with Gasteiger partial charge in [0.1, 0.15) is 11.4 Å². The van der Waals surface area contributed by atoms with E-state index in [1.54, 1.807) is 0 Å². The van der Waals surface area contributed by atoms with Crippen molar-refractivity contribution in [1.29, 1.82) is 0 Å². The summed E-state index contributed by atoms with van der Waals surface area (Å²) in [6.07, 6.45) is 0. The van der Waals surface area contributed by atoms with Gasteiger partial charge in [-0.2, -0.15) is 0 Å². The largest absolute Gasteiger partial charge is 0.494 e. The molecule has 5 heteroatoms. The van der Waals surface area contributed by atoms with Crippen molar-refractivity contribution in [3.8, 4) is 5.75 Å². The predicted molar refractivity (Wildman–Crippen MR) is 141 cm³/mol. The van der Waals surface area contributed by atoms with Crippen LogP contribution in [0.3, 0.4) is 0 Å². The topological polar surface area (TPSA) is 58.6 Å². The van der Waals surface area contributed by atoms with Gasteiger partial charge in [-0.15, -0.1) is 0 Å². The highest BCUT2D eigenvalue weighted by Gasteiger charge is 2.41. The van der Waals surface area contributed by atoms with Crippen molar-refractivity contribution >= 4 is 39.5 Å². The smallest absolute Gasteiger partial charge is 0.282 e. The third-order valence-electron chi connectivity index (χ3n) is 6.18. The molecular weight excluding hydrogens is 436 g/mol. The Morgan fingerprint density at radius 3 is 2.31 bits per heavy atom. The lowest BCUT2D eigenvalue weighted by Gasteiger charge is -2.18. The number of benzene rings is 4. The maximum atomic E-state index is 13.9. The summed E-state index contributed by atoms with van der Waals surface area (Å²) >= 11 is 0. The Kier molecular flexibility index (Phi) is 5.83. The van der Waals surface area contributed by atoms with E-state index in [1.165, 1.54) is 4.90 Å². The summed E-state index contributed by atoms with van der Waals surface area (Å²) in [4.78, 5) is 29.1. The number of nitrogens with zero attached hydrogens (tertiary/aromatic N) is 1. The quantitative estimate of drug-likeness (QED) is 0.344. The second-order valence-corrected chi connectivity index (χ2v) is 8.59. The molecule has 0 saturated heterocycles. The molecule has 2 amide bonds. The molecule has 0 saturated carbocycles. The molecule has 1 aliphatic heterocycles. The molecule has 5 rings (SSSR count). The fourth-order valence-electron chi connectivity index (χ4n) is 4.56. The predicted octanol–water partition coefficient (Wildman–Crippen LogP) is 6.25. The lowest BCUT2D eigenvalue weighted by Crippen LogP contribution is -2.32. The van der Waals surface area contributed by atoms with Crippen LogP contribution in [0.15, 0.2) is 90.6 Å². The fraction of sp³-hybridized carbons (Fsp3) is 0.133. The van der Waals surface area contributed by atoms with E-state index in [1.807, 2.05) is 106 Å². The van der Waals surface area contributed by atoms with Crippen LogP contribution in [-0.2, 0) is 9.59 Å². The Morgan fingerprint density at radius 1 is 0.829 bits per heavy atom. The number of hydrogen-bond donors (Lipinski definition) is 1. The molecular formula is C30H26N2O3. The van der Waals surface area contributed by atoms with E-state index in [0.29, 0.717) is 23.6 Å². The van der Waals surface area contributed by atoms with Crippen molar-refractivity contribution < 1.29 is 14.3 Å². The number of carbonyl (C=O) groups excluding carboxylic acids is 2. The Bertz CT molecular complexity index is 1480. The average molecular weight is 463 g/mol. The number of ether oxygens (including phenoxy) is 1. The summed E-state index contributed by atoms with van der Waals surface area (Å²) in [5.41, 5.74) is 4.68. The summed E-state index contributed by atoms with van der Waals surface area (Å²) in [6.45, 7) is 6.47. The van der Waals surface area contributed by atoms with Gasteiger partial charge in [0.2, 0.25) is 0 Å². The minimum Gasteiger partial charge on any atom is -0.494 e. The highest BCUT2D eigenvalue weighted by atomic mass is 16.5. The third-order valence-corrected chi connectivity index (χ3v) is 6.18. The Labute approximate surface area is 204 Å². The SMILES string of the molecule is CCOc1ccc(NC2=C(c3ccc(C)cc3C)C(=O)N(c3cccc4ccccc34)C2=O)cc1. The molecule has 174 valence electrons. The van der Waals surface area contributed by atoms with Crippen molar-refractivity contribution in [2.75, 3.05) is 16.8 Å². The van der Waals surface area contributed by atoms with E-state index < -0.39 is 0 Å². The van der Waals surface area contributed by atoms with Gasteiger partial charge in [-0.05, 0) is 67.6 Å². The lowest BCUT2D eigenvalue weighted by molar-refractivity contribution is -0.120. The molecule has 4 aromatic rings. The van der Waals surface area contributed by atoms with Crippen LogP contribution in [0.4, 0.5) is 11.4 Å². The molecule has 1 heterocycles. The van der Waals surface area contributed by atoms with Gasteiger partial charge in [-0.3, -0.25) is 9.59 Å². The number of hydrogen-bond acceptors (Lipinski definition) is 4. The molecule has 5 nitrogen and oxygen atoms in total. The molecule has 0 unspecified atom stereocenters. The first-order valence-electron chi connectivity index (χ1n) is 11.7. The fourth-order valence-corrected chi connectivity index (χ4v) is 4.56. The molecule has 35 heavy (non-hydrogen) atoms. The molecule has 4 aromatic carbocycles. The van der Waals surface area contributed by atoms with Crippen LogP contribution in [0.25, 0.3) is 16.3 Å². The van der Waals surface area contributed by atoms with Crippen LogP contribution >= 0.6 is 0 Å². The van der Waals surface area contributed by atoms with Crippen molar-refractivity contribution in [2.45, 2.75) is 20.8 Å². The minimum atomic E-state index is -0.379. The van der Waals surface area contributed by atoms with Crippen molar-refractivity contribution in [3.05, 3.63) is 107 Å². The molecule has 0 aliphatic carbocycles. The lowest BCUT2D eigenvalue weighted by atomic mass is 9.97. The van der Waals surface area contributed by atoms with E-state index >= 15 is 0 Å². The first-order valence-corrected chi connectivity index (χ1v) is 11.7. The zero-order chi connectivity index (χ0) is 24.5. The standard InChI is InChI=1S/C30H26N2O3/c1-4-35-23-15-13-22(14-16-23)31-28-27(24-17-12-19(2)18-20(24)3)29(33)32(30(28)34)26-11-7-9-21-8-5-6-10-25(21)26/h5-18,31H,4H2,1-3H3. The summed E-state index contributed by atoms with van der Waals surface area (Å²) in [7, 11) is 0. The van der Waals surface area contributed by atoms with Crippen LogP contribution in [0.2, 0.25) is 0 Å². The number of aryl methyl sites for hydroxylation is 2. The molecule has 0 atom stereocenters. The first kappa shape index (κ1) is 22.4. The second kappa shape index (κ2) is 9.11. The molecule has 0 aromatic heterocycles. The summed E-state index contributed by atoms with van der Waals surface area (Å²) in [5, 5.41) is 5.05. The summed E-state index contributed by atoms with van der Waals surface area (Å²) < 4.78 is 5.53. The van der Waals surface area contributed by atoms with Crippen molar-refractivity contribution in [2.24, 2.45) is 0 Å². The number of amides is 2. The van der Waals surface area contributed by atoms with Crippen molar-refractivity contribution in [3.63, 3.8) is 0 Å². The van der Waals surface area contributed by atoms with Gasteiger partial charge in [0, 0.05) is 11.1 Å². The summed E-state index contributed by atoms with van der Waals surface area (Å²) in [6, 6.07) is 26.7. The minimum absolute atomic E-state index is 0.263. The van der Waals surface area contributed by atoms with E-state index in [0.717, 1.165) is 33.2 Å². The average Bonchev–Trinajstić information content (AvgIpc) is 3.09. The molecule has 1 N–H and O–H groups in total. The zero-order valence-corrected chi connectivity index (χ0v) is 20.0. The van der Waals surface area contributed by atoms with Gasteiger partial charge in [0.25, 0.3) is 11.8 Å². The third kappa shape index (κ3) is 4.06. The van der Waals surface area contributed by atoms with E-state index in [2.05, 4.69) is 5.32 Å². The first-order chi connectivity index (χ1) is 17.0.